The van der Waals surface area contributed by atoms with Crippen molar-refractivity contribution >= 4 is 11.6 Å². The Morgan fingerprint density at radius 2 is 2.00 bits per heavy atom. The Bertz CT molecular complexity index is 908. The second-order valence-corrected chi connectivity index (χ2v) is 11.4. The number of aliphatic hydroxyl groups excluding tert-OH is 1. The number of fused-ring (bicyclic) bond motifs is 6. The van der Waals surface area contributed by atoms with Gasteiger partial charge in [0.05, 0.1) is 6.10 Å². The van der Waals surface area contributed by atoms with Gasteiger partial charge in [0.15, 0.2) is 11.6 Å². The molecule has 9 atom stereocenters. The van der Waals surface area contributed by atoms with Crippen molar-refractivity contribution in [3.8, 4) is 0 Å². The average molecular weight is 445 g/mol. The standard InChI is InChI=1S/C26H36O6/c1-5-9-25(30)31-14-21(29)26(32-25)15(2)11-19-18-7-6-16-12-17(27)8-10-23(16,3)22(18)20(28)13-24(19,26)4/h8,10,12,15,18-20,22,28,30H,5-7,9,11,13-14H2,1-4H3/t15-,18+,19+,20+,22-,23+,24+,25?,26+/m1/s1. The van der Waals surface area contributed by atoms with Gasteiger partial charge < -0.3 is 19.7 Å². The van der Waals surface area contributed by atoms with Gasteiger partial charge in [-0.05, 0) is 62.0 Å². The smallest absolute Gasteiger partial charge is 0.281 e. The summed E-state index contributed by atoms with van der Waals surface area (Å²) in [5, 5.41) is 22.6. The Morgan fingerprint density at radius 3 is 2.72 bits per heavy atom. The number of rotatable bonds is 2. The molecule has 1 aliphatic heterocycles. The molecule has 0 aromatic carbocycles. The van der Waals surface area contributed by atoms with Crippen LogP contribution in [0.4, 0.5) is 0 Å². The molecule has 0 amide bonds. The zero-order valence-electron chi connectivity index (χ0n) is 19.6. The zero-order valence-corrected chi connectivity index (χ0v) is 19.6. The number of ketones is 2. The van der Waals surface area contributed by atoms with E-state index in [0.29, 0.717) is 19.3 Å². The number of aliphatic hydroxyl groups is 2. The number of ether oxygens (including phenoxy) is 2. The van der Waals surface area contributed by atoms with Crippen LogP contribution in [0.2, 0.25) is 0 Å². The van der Waals surface area contributed by atoms with Crippen LogP contribution in [0, 0.1) is 34.5 Å². The van der Waals surface area contributed by atoms with Crippen molar-refractivity contribution in [2.45, 2.75) is 83.9 Å². The molecule has 2 N–H and O–H groups in total. The monoisotopic (exact) mass is 444 g/mol. The van der Waals surface area contributed by atoms with E-state index in [1.807, 2.05) is 13.0 Å². The third-order valence-corrected chi connectivity index (χ3v) is 9.77. The van der Waals surface area contributed by atoms with E-state index in [1.54, 1.807) is 12.2 Å². The summed E-state index contributed by atoms with van der Waals surface area (Å²) in [5.41, 5.74) is -0.992. The van der Waals surface area contributed by atoms with Crippen molar-refractivity contribution in [2.75, 3.05) is 6.61 Å². The maximum absolute atomic E-state index is 13.5. The van der Waals surface area contributed by atoms with Gasteiger partial charge >= 0.3 is 0 Å². The van der Waals surface area contributed by atoms with Crippen LogP contribution >= 0.6 is 0 Å². The van der Waals surface area contributed by atoms with E-state index in [9.17, 15) is 19.8 Å². The summed E-state index contributed by atoms with van der Waals surface area (Å²) in [6, 6.07) is 0. The van der Waals surface area contributed by atoms with Crippen molar-refractivity contribution in [3.63, 3.8) is 0 Å². The molecule has 5 rings (SSSR count). The van der Waals surface area contributed by atoms with Crippen LogP contribution in [0.25, 0.3) is 0 Å². The summed E-state index contributed by atoms with van der Waals surface area (Å²) in [7, 11) is 0. The first-order valence-electron chi connectivity index (χ1n) is 12.2. The first kappa shape index (κ1) is 22.5. The van der Waals surface area contributed by atoms with E-state index in [4.69, 9.17) is 9.47 Å². The van der Waals surface area contributed by atoms with E-state index in [1.165, 1.54) is 0 Å². The number of Topliss-reactive ketones (excluding diaryl/α,β-unsaturated/α-hetero) is 1. The first-order valence-corrected chi connectivity index (χ1v) is 12.2. The minimum absolute atomic E-state index is 0.00302. The van der Waals surface area contributed by atoms with Gasteiger partial charge in [0.2, 0.25) is 0 Å². The minimum Gasteiger partial charge on any atom is -0.393 e. The molecule has 4 aliphatic carbocycles. The van der Waals surface area contributed by atoms with Gasteiger partial charge in [-0.3, -0.25) is 9.59 Å². The molecular weight excluding hydrogens is 408 g/mol. The van der Waals surface area contributed by atoms with Crippen LogP contribution in [-0.2, 0) is 19.1 Å². The normalized spacial score (nSPS) is 52.4. The van der Waals surface area contributed by atoms with Crippen LogP contribution in [0.5, 0.6) is 0 Å². The van der Waals surface area contributed by atoms with Crippen molar-refractivity contribution < 1.29 is 29.3 Å². The number of allylic oxidation sites excluding steroid dienone is 4. The van der Waals surface area contributed by atoms with Gasteiger partial charge in [-0.1, -0.05) is 39.3 Å². The van der Waals surface area contributed by atoms with Crippen molar-refractivity contribution in [1.29, 1.82) is 0 Å². The molecule has 1 unspecified atom stereocenters. The molecule has 3 saturated carbocycles. The third kappa shape index (κ3) is 2.73. The van der Waals surface area contributed by atoms with E-state index >= 15 is 0 Å². The second-order valence-electron chi connectivity index (χ2n) is 11.4. The van der Waals surface area contributed by atoms with Crippen LogP contribution in [0.3, 0.4) is 0 Å². The van der Waals surface area contributed by atoms with Crippen LogP contribution in [-0.4, -0.2) is 46.1 Å². The Kier molecular flexibility index (Phi) is 4.97. The van der Waals surface area contributed by atoms with Crippen molar-refractivity contribution in [2.24, 2.45) is 34.5 Å². The van der Waals surface area contributed by atoms with Gasteiger partial charge in [0.25, 0.3) is 5.97 Å². The summed E-state index contributed by atoms with van der Waals surface area (Å²) in [4.78, 5) is 25.5. The second kappa shape index (κ2) is 7.08. The first-order chi connectivity index (χ1) is 15.0. The maximum atomic E-state index is 13.5. The molecule has 1 heterocycles. The summed E-state index contributed by atoms with van der Waals surface area (Å²) in [6.45, 7) is 8.07. The Morgan fingerprint density at radius 1 is 1.25 bits per heavy atom. The largest absolute Gasteiger partial charge is 0.393 e. The molecule has 0 radical (unpaired) electrons. The highest BCUT2D eigenvalue weighted by Crippen LogP contribution is 2.70. The summed E-state index contributed by atoms with van der Waals surface area (Å²) in [6.07, 6.45) is 8.69. The molecule has 6 nitrogen and oxygen atoms in total. The molecular formula is C26H36O6. The fourth-order valence-electron chi connectivity index (χ4n) is 8.52. The van der Waals surface area contributed by atoms with E-state index in [0.717, 1.165) is 24.8 Å². The fraction of sp³-hybridized carbons (Fsp3) is 0.769. The lowest BCUT2D eigenvalue weighted by atomic mass is 9.46. The van der Waals surface area contributed by atoms with E-state index in [-0.39, 0.29) is 47.3 Å². The van der Waals surface area contributed by atoms with Crippen LogP contribution < -0.4 is 0 Å². The molecule has 0 aromatic heterocycles. The molecule has 0 bridgehead atoms. The molecule has 0 aromatic rings. The lowest BCUT2D eigenvalue weighted by Crippen LogP contribution is -2.68. The molecule has 6 heteroatoms. The Balaban J connectivity index is 1.56. The van der Waals surface area contributed by atoms with Crippen molar-refractivity contribution in [1.82, 2.24) is 0 Å². The molecule has 1 spiro atoms. The van der Waals surface area contributed by atoms with Gasteiger partial charge in [-0.2, -0.15) is 0 Å². The summed E-state index contributed by atoms with van der Waals surface area (Å²) >= 11 is 0. The third-order valence-electron chi connectivity index (χ3n) is 9.77. The predicted molar refractivity (Wildman–Crippen MR) is 117 cm³/mol. The quantitative estimate of drug-likeness (QED) is 0.679. The SMILES string of the molecule is CCCC1(O)OCC(=O)[C@@]2(O1)[C@H](C)C[C@H]1[C@@H]3CCC4=CC(=O)C=C[C@]4(C)[C@H]3[C@@H](O)C[C@@]12C. The lowest BCUT2D eigenvalue weighted by molar-refractivity contribution is -0.422. The highest BCUT2D eigenvalue weighted by molar-refractivity contribution is 6.01. The van der Waals surface area contributed by atoms with Gasteiger partial charge in [-0.15, -0.1) is 0 Å². The fourth-order valence-corrected chi connectivity index (χ4v) is 8.52. The van der Waals surface area contributed by atoms with E-state index < -0.39 is 23.1 Å². The maximum Gasteiger partial charge on any atom is 0.281 e. The zero-order chi connectivity index (χ0) is 23.1. The average Bonchev–Trinajstić information content (AvgIpc) is 2.93. The summed E-state index contributed by atoms with van der Waals surface area (Å²) < 4.78 is 11.8. The molecule has 4 fully saturated rings. The molecule has 176 valence electrons. The minimum atomic E-state index is -1.77. The number of carbonyl (C=O) groups is 2. The molecule has 5 aliphatic rings. The van der Waals surface area contributed by atoms with Gasteiger partial charge in [-0.25, -0.2) is 0 Å². The topological polar surface area (TPSA) is 93.1 Å². The Labute approximate surface area is 190 Å². The number of hydrogen-bond acceptors (Lipinski definition) is 6. The van der Waals surface area contributed by atoms with Gasteiger partial charge in [0, 0.05) is 23.2 Å². The summed E-state index contributed by atoms with van der Waals surface area (Å²) in [5.74, 6) is -1.55. The van der Waals surface area contributed by atoms with E-state index in [2.05, 4.69) is 20.8 Å². The number of carbonyl (C=O) groups excluding carboxylic acids is 2. The Hall–Kier alpha value is -1.34. The molecule has 32 heavy (non-hydrogen) atoms. The van der Waals surface area contributed by atoms with Crippen molar-refractivity contribution in [3.05, 3.63) is 23.8 Å². The van der Waals surface area contributed by atoms with Crippen LogP contribution in [0.15, 0.2) is 23.8 Å². The highest BCUT2D eigenvalue weighted by atomic mass is 16.8. The molecule has 1 saturated heterocycles. The lowest BCUT2D eigenvalue weighted by Gasteiger charge is -2.61. The van der Waals surface area contributed by atoms with Crippen LogP contribution in [0.1, 0.15) is 66.2 Å². The number of hydrogen-bond donors (Lipinski definition) is 2. The van der Waals surface area contributed by atoms with Gasteiger partial charge in [0.1, 0.15) is 12.2 Å². The predicted octanol–water partition coefficient (Wildman–Crippen LogP) is 3.31. The highest BCUT2D eigenvalue weighted by Gasteiger charge is 2.74.